The monoisotopic (exact) mass is 642 g/mol. The van der Waals surface area contributed by atoms with Crippen LogP contribution in [0.1, 0.15) is 42.1 Å². The van der Waals surface area contributed by atoms with Gasteiger partial charge in [-0.3, -0.25) is 14.5 Å². The van der Waals surface area contributed by atoms with Crippen LogP contribution in [0.2, 0.25) is 0 Å². The van der Waals surface area contributed by atoms with Crippen LogP contribution in [0.5, 0.6) is 0 Å². The predicted molar refractivity (Wildman–Crippen MR) is 165 cm³/mol. The SMILES string of the molecule is Fc1ccc(C(OCCN2CCN(CCCc3ccccc3)CC2)c2ccc(F)cc2)cc1.O=C(O)CC(O)(CC(=O)O)C(=O)O. The molecule has 1 aliphatic rings. The van der Waals surface area contributed by atoms with Gasteiger partial charge in [0, 0.05) is 32.7 Å². The standard InChI is InChI=1S/C28H32F2N2O.C6H8O7/c29-26-12-8-24(9-13-26)28(25-10-14-27(30)15-11-25)33-22-21-32-19-17-31(18-20-32)16-4-7-23-5-2-1-3-6-23;7-3(8)1-6(13,5(11)12)2-4(9)10/h1-3,5-6,8-15,28H,4,7,16-22H2;13H,1-2H2,(H,7,8)(H,9,10)(H,11,12). The predicted octanol–water partition coefficient (Wildman–Crippen LogP) is 4.07. The Kier molecular flexibility index (Phi) is 14.2. The van der Waals surface area contributed by atoms with Gasteiger partial charge in [-0.25, -0.2) is 13.6 Å². The molecule has 0 amide bonds. The number of aliphatic hydroxyl groups is 1. The van der Waals surface area contributed by atoms with Gasteiger partial charge < -0.3 is 30.1 Å². The van der Waals surface area contributed by atoms with Gasteiger partial charge in [0.25, 0.3) is 0 Å². The molecule has 4 rings (SSSR count). The van der Waals surface area contributed by atoms with Crippen LogP contribution in [-0.2, 0) is 25.5 Å². The van der Waals surface area contributed by atoms with Gasteiger partial charge in [0.15, 0.2) is 5.60 Å². The van der Waals surface area contributed by atoms with Crippen molar-refractivity contribution in [3.8, 4) is 0 Å². The summed E-state index contributed by atoms with van der Waals surface area (Å²) in [6.45, 7) is 6.77. The summed E-state index contributed by atoms with van der Waals surface area (Å²) in [6.07, 6.45) is -0.318. The first-order chi connectivity index (χ1) is 21.9. The van der Waals surface area contributed by atoms with Crippen molar-refractivity contribution in [2.75, 3.05) is 45.9 Å². The molecule has 0 radical (unpaired) electrons. The van der Waals surface area contributed by atoms with E-state index in [0.717, 1.165) is 56.8 Å². The third kappa shape index (κ3) is 12.3. The number of carboxylic acids is 3. The quantitative estimate of drug-likeness (QED) is 0.191. The third-order valence-corrected chi connectivity index (χ3v) is 7.57. The number of rotatable bonds is 15. The smallest absolute Gasteiger partial charge is 0.336 e. The second-order valence-electron chi connectivity index (χ2n) is 11.1. The van der Waals surface area contributed by atoms with Crippen molar-refractivity contribution in [1.82, 2.24) is 9.80 Å². The molecule has 0 unspecified atom stereocenters. The maximum absolute atomic E-state index is 13.4. The topological polar surface area (TPSA) is 148 Å². The Balaban J connectivity index is 0.000000376. The van der Waals surface area contributed by atoms with Crippen LogP contribution in [0.4, 0.5) is 8.78 Å². The minimum absolute atomic E-state index is 0.279. The molecular formula is C34H40F2N2O8. The lowest BCUT2D eigenvalue weighted by molar-refractivity contribution is -0.170. The third-order valence-electron chi connectivity index (χ3n) is 7.57. The summed E-state index contributed by atoms with van der Waals surface area (Å²) in [5.41, 5.74) is 0.403. The van der Waals surface area contributed by atoms with Crippen LogP contribution in [0.3, 0.4) is 0 Å². The lowest BCUT2D eigenvalue weighted by Gasteiger charge is -2.35. The number of hydrogen-bond donors (Lipinski definition) is 4. The van der Waals surface area contributed by atoms with Crippen LogP contribution >= 0.6 is 0 Å². The summed E-state index contributed by atoms with van der Waals surface area (Å²) < 4.78 is 33.0. The van der Waals surface area contributed by atoms with Crippen molar-refractivity contribution >= 4 is 17.9 Å². The maximum Gasteiger partial charge on any atom is 0.336 e. The highest BCUT2D eigenvalue weighted by atomic mass is 19.1. The molecule has 0 saturated carbocycles. The van der Waals surface area contributed by atoms with Gasteiger partial charge in [-0.15, -0.1) is 0 Å². The van der Waals surface area contributed by atoms with E-state index in [1.165, 1.54) is 36.2 Å². The van der Waals surface area contributed by atoms with Crippen molar-refractivity contribution < 1.29 is 48.3 Å². The molecule has 1 fully saturated rings. The van der Waals surface area contributed by atoms with Crippen molar-refractivity contribution in [3.63, 3.8) is 0 Å². The molecule has 1 aliphatic heterocycles. The molecule has 0 atom stereocenters. The molecule has 3 aromatic rings. The molecule has 46 heavy (non-hydrogen) atoms. The molecular weight excluding hydrogens is 602 g/mol. The van der Waals surface area contributed by atoms with Crippen molar-refractivity contribution in [2.24, 2.45) is 0 Å². The molecule has 0 spiro atoms. The highest BCUT2D eigenvalue weighted by Gasteiger charge is 2.40. The van der Waals surface area contributed by atoms with E-state index in [2.05, 4.69) is 40.1 Å². The van der Waals surface area contributed by atoms with Crippen LogP contribution in [-0.4, -0.2) is 99.6 Å². The van der Waals surface area contributed by atoms with Crippen LogP contribution in [0.15, 0.2) is 78.9 Å². The zero-order chi connectivity index (χ0) is 33.5. The minimum Gasteiger partial charge on any atom is -0.481 e. The first-order valence-corrected chi connectivity index (χ1v) is 15.0. The summed E-state index contributed by atoms with van der Waals surface area (Å²) >= 11 is 0. The van der Waals surface area contributed by atoms with E-state index in [-0.39, 0.29) is 17.7 Å². The Labute approximate surface area is 266 Å². The Hall–Kier alpha value is -4.23. The molecule has 0 aliphatic carbocycles. The molecule has 10 nitrogen and oxygen atoms in total. The fourth-order valence-electron chi connectivity index (χ4n) is 5.06. The van der Waals surface area contributed by atoms with Gasteiger partial charge in [-0.2, -0.15) is 0 Å². The number of hydrogen-bond acceptors (Lipinski definition) is 7. The number of ether oxygens (including phenoxy) is 1. The maximum atomic E-state index is 13.4. The number of aryl methyl sites for hydroxylation is 1. The molecule has 1 heterocycles. The van der Waals surface area contributed by atoms with E-state index >= 15 is 0 Å². The van der Waals surface area contributed by atoms with E-state index in [1.54, 1.807) is 24.3 Å². The Bertz CT molecular complexity index is 1320. The molecule has 4 N–H and O–H groups in total. The number of aliphatic carboxylic acids is 3. The van der Waals surface area contributed by atoms with E-state index in [9.17, 15) is 23.2 Å². The van der Waals surface area contributed by atoms with Crippen LogP contribution < -0.4 is 0 Å². The molecule has 12 heteroatoms. The highest BCUT2D eigenvalue weighted by molar-refractivity contribution is 5.88. The molecule has 248 valence electrons. The summed E-state index contributed by atoms with van der Waals surface area (Å²) in [4.78, 5) is 35.5. The van der Waals surface area contributed by atoms with Gasteiger partial charge in [-0.1, -0.05) is 54.6 Å². The summed E-state index contributed by atoms with van der Waals surface area (Å²) in [6, 6.07) is 23.3. The van der Waals surface area contributed by atoms with Crippen molar-refractivity contribution in [3.05, 3.63) is 107 Å². The second kappa shape index (κ2) is 18.1. The van der Waals surface area contributed by atoms with E-state index < -0.39 is 36.4 Å². The number of nitrogens with zero attached hydrogens (tertiary/aromatic N) is 2. The zero-order valence-corrected chi connectivity index (χ0v) is 25.4. The van der Waals surface area contributed by atoms with Crippen LogP contribution in [0, 0.1) is 11.6 Å². The van der Waals surface area contributed by atoms with Crippen molar-refractivity contribution in [2.45, 2.75) is 37.4 Å². The average molecular weight is 643 g/mol. The van der Waals surface area contributed by atoms with Gasteiger partial charge in [0.05, 0.1) is 19.4 Å². The number of piperazine rings is 1. The Morgan fingerprint density at radius 3 is 1.61 bits per heavy atom. The highest BCUT2D eigenvalue weighted by Crippen LogP contribution is 2.26. The van der Waals surface area contributed by atoms with Crippen molar-refractivity contribution in [1.29, 1.82) is 0 Å². The van der Waals surface area contributed by atoms with Gasteiger partial charge >= 0.3 is 17.9 Å². The van der Waals surface area contributed by atoms with Crippen LogP contribution in [0.25, 0.3) is 0 Å². The van der Waals surface area contributed by atoms with Gasteiger partial charge in [0.2, 0.25) is 0 Å². The fraction of sp³-hybridized carbons (Fsp3) is 0.382. The lowest BCUT2D eigenvalue weighted by atomic mass is 9.96. The van der Waals surface area contributed by atoms with E-state index in [4.69, 9.17) is 25.2 Å². The first kappa shape index (κ1) is 36.2. The minimum atomic E-state index is -2.74. The summed E-state index contributed by atoms with van der Waals surface area (Å²) in [7, 11) is 0. The average Bonchev–Trinajstić information content (AvgIpc) is 3.01. The largest absolute Gasteiger partial charge is 0.481 e. The molecule has 1 saturated heterocycles. The van der Waals surface area contributed by atoms with Gasteiger partial charge in [0.1, 0.15) is 17.7 Å². The number of benzene rings is 3. The molecule has 3 aromatic carbocycles. The normalized spacial score (nSPS) is 14.0. The summed E-state index contributed by atoms with van der Waals surface area (Å²) in [5.74, 6) is -5.58. The zero-order valence-electron chi connectivity index (χ0n) is 25.4. The number of halogens is 2. The number of carboxylic acid groups (broad SMARTS) is 3. The summed E-state index contributed by atoms with van der Waals surface area (Å²) in [5, 5.41) is 33.8. The fourth-order valence-corrected chi connectivity index (χ4v) is 5.06. The lowest BCUT2D eigenvalue weighted by Crippen LogP contribution is -2.47. The Morgan fingerprint density at radius 1 is 0.717 bits per heavy atom. The first-order valence-electron chi connectivity index (χ1n) is 15.0. The van der Waals surface area contributed by atoms with E-state index in [1.807, 2.05) is 0 Å². The Morgan fingerprint density at radius 2 is 1.17 bits per heavy atom. The second-order valence-corrected chi connectivity index (χ2v) is 11.1. The van der Waals surface area contributed by atoms with Gasteiger partial charge in [-0.05, 0) is 60.3 Å². The van der Waals surface area contributed by atoms with E-state index in [0.29, 0.717) is 6.61 Å². The number of carbonyl (C=O) groups is 3. The molecule has 0 aromatic heterocycles. The molecule has 0 bridgehead atoms.